The van der Waals surface area contributed by atoms with Crippen LogP contribution in [0.5, 0.6) is 0 Å². The van der Waals surface area contributed by atoms with Crippen LogP contribution in [0.15, 0.2) is 12.1 Å². The van der Waals surface area contributed by atoms with E-state index in [4.69, 9.17) is 4.74 Å². The van der Waals surface area contributed by atoms with Gasteiger partial charge >= 0.3 is 12.1 Å². The fraction of sp³-hybridized carbons (Fsp3) is 0.538. The molecule has 0 atom stereocenters. The van der Waals surface area contributed by atoms with Crippen LogP contribution in [0.1, 0.15) is 30.5 Å². The van der Waals surface area contributed by atoms with E-state index >= 15 is 0 Å². The quantitative estimate of drug-likeness (QED) is 0.642. The van der Waals surface area contributed by atoms with Crippen molar-refractivity contribution in [1.29, 1.82) is 0 Å². The molecule has 1 aromatic rings. The summed E-state index contributed by atoms with van der Waals surface area (Å²) in [6, 6.07) is 3.76. The SMILES string of the molecule is COC(=O)Cc1ccc(CNNC(=O)OC(C)(C)C)s1. The standard InChI is InChI=1S/C13H20N2O4S/c1-13(2,3)19-12(17)15-14-8-10-6-5-9(20-10)7-11(16)18-4/h5-6,14H,7-8H2,1-4H3,(H,15,17). The van der Waals surface area contributed by atoms with E-state index in [1.807, 2.05) is 12.1 Å². The van der Waals surface area contributed by atoms with Crippen LogP contribution < -0.4 is 10.9 Å². The summed E-state index contributed by atoms with van der Waals surface area (Å²) >= 11 is 1.49. The molecule has 6 nitrogen and oxygen atoms in total. The number of carbonyl (C=O) groups is 2. The highest BCUT2D eigenvalue weighted by molar-refractivity contribution is 7.12. The Morgan fingerprint density at radius 3 is 2.50 bits per heavy atom. The molecule has 0 aliphatic heterocycles. The summed E-state index contributed by atoms with van der Waals surface area (Å²) in [5.74, 6) is -0.266. The first kappa shape index (κ1) is 16.5. The molecule has 0 aliphatic carbocycles. The van der Waals surface area contributed by atoms with Gasteiger partial charge in [-0.2, -0.15) is 0 Å². The Kier molecular flexibility index (Phi) is 5.97. The first-order chi connectivity index (χ1) is 9.30. The van der Waals surface area contributed by atoms with E-state index in [1.54, 1.807) is 20.8 Å². The molecule has 112 valence electrons. The Balaban J connectivity index is 2.32. The molecule has 0 spiro atoms. The van der Waals surface area contributed by atoms with Crippen molar-refractivity contribution in [3.63, 3.8) is 0 Å². The van der Waals surface area contributed by atoms with Gasteiger partial charge in [0.05, 0.1) is 13.5 Å². The van der Waals surface area contributed by atoms with Crippen LogP contribution in [0.2, 0.25) is 0 Å². The van der Waals surface area contributed by atoms with Gasteiger partial charge in [0.2, 0.25) is 0 Å². The molecule has 0 bridgehead atoms. The molecule has 1 heterocycles. The number of hydrogen-bond acceptors (Lipinski definition) is 6. The van der Waals surface area contributed by atoms with Gasteiger partial charge in [0.1, 0.15) is 5.60 Å². The van der Waals surface area contributed by atoms with Gasteiger partial charge in [0.15, 0.2) is 0 Å². The number of hydrogen-bond donors (Lipinski definition) is 2. The van der Waals surface area contributed by atoms with Crippen LogP contribution in [0, 0.1) is 0 Å². The van der Waals surface area contributed by atoms with Gasteiger partial charge in [-0.1, -0.05) is 0 Å². The van der Waals surface area contributed by atoms with Crippen LogP contribution in [0.3, 0.4) is 0 Å². The highest BCUT2D eigenvalue weighted by atomic mass is 32.1. The van der Waals surface area contributed by atoms with Gasteiger partial charge in [0.25, 0.3) is 0 Å². The molecule has 0 saturated carbocycles. The maximum atomic E-state index is 11.4. The molecule has 1 aromatic heterocycles. The van der Waals surface area contributed by atoms with Crippen molar-refractivity contribution in [2.24, 2.45) is 0 Å². The molecule has 2 N–H and O–H groups in total. The summed E-state index contributed by atoms with van der Waals surface area (Å²) in [5.41, 5.74) is 4.70. The number of carbonyl (C=O) groups excluding carboxylic acids is 2. The second-order valence-corrected chi connectivity index (χ2v) is 6.35. The fourth-order valence-corrected chi connectivity index (χ4v) is 2.28. The highest BCUT2D eigenvalue weighted by Gasteiger charge is 2.15. The average Bonchev–Trinajstić information content (AvgIpc) is 2.74. The topological polar surface area (TPSA) is 76.7 Å². The maximum Gasteiger partial charge on any atom is 0.422 e. The monoisotopic (exact) mass is 300 g/mol. The largest absolute Gasteiger partial charge is 0.469 e. The molecule has 0 fully saturated rings. The number of amides is 1. The Morgan fingerprint density at radius 1 is 1.25 bits per heavy atom. The van der Waals surface area contributed by atoms with Crippen molar-refractivity contribution in [1.82, 2.24) is 10.9 Å². The third-order valence-electron chi connectivity index (χ3n) is 2.12. The van der Waals surface area contributed by atoms with Gasteiger partial charge in [0, 0.05) is 16.3 Å². The van der Waals surface area contributed by atoms with Gasteiger partial charge in [-0.15, -0.1) is 11.3 Å². The Hall–Kier alpha value is -1.60. The summed E-state index contributed by atoms with van der Waals surface area (Å²) in [6.07, 6.45) is -0.260. The molecular formula is C13H20N2O4S. The van der Waals surface area contributed by atoms with Crippen LogP contribution in [-0.4, -0.2) is 24.8 Å². The van der Waals surface area contributed by atoms with E-state index < -0.39 is 11.7 Å². The maximum absolute atomic E-state index is 11.4. The molecule has 20 heavy (non-hydrogen) atoms. The molecule has 0 saturated heterocycles. The molecule has 0 aliphatic rings. The predicted octanol–water partition coefficient (Wildman–Crippen LogP) is 1.99. The summed E-state index contributed by atoms with van der Waals surface area (Å²) in [7, 11) is 1.36. The molecule has 0 radical (unpaired) electrons. The zero-order valence-corrected chi connectivity index (χ0v) is 12.9. The molecule has 0 unspecified atom stereocenters. The van der Waals surface area contributed by atoms with Crippen molar-refractivity contribution in [3.8, 4) is 0 Å². The van der Waals surface area contributed by atoms with Crippen molar-refractivity contribution >= 4 is 23.4 Å². The second kappa shape index (κ2) is 7.25. The lowest BCUT2D eigenvalue weighted by Gasteiger charge is -2.19. The number of methoxy groups -OCH3 is 1. The highest BCUT2D eigenvalue weighted by Crippen LogP contribution is 2.17. The van der Waals surface area contributed by atoms with Gasteiger partial charge in [-0.05, 0) is 32.9 Å². The van der Waals surface area contributed by atoms with Crippen LogP contribution in [-0.2, 0) is 27.2 Å². The zero-order valence-electron chi connectivity index (χ0n) is 12.1. The lowest BCUT2D eigenvalue weighted by molar-refractivity contribution is -0.139. The van der Waals surface area contributed by atoms with Crippen molar-refractivity contribution in [3.05, 3.63) is 21.9 Å². The number of hydrazine groups is 1. The first-order valence-electron chi connectivity index (χ1n) is 6.16. The number of ether oxygens (including phenoxy) is 2. The van der Waals surface area contributed by atoms with E-state index in [0.29, 0.717) is 6.54 Å². The van der Waals surface area contributed by atoms with Gasteiger partial charge in [-0.25, -0.2) is 10.2 Å². The van der Waals surface area contributed by atoms with E-state index in [2.05, 4.69) is 15.6 Å². The number of nitrogens with one attached hydrogen (secondary N) is 2. The Bertz CT molecular complexity index is 465. The smallest absolute Gasteiger partial charge is 0.422 e. The summed E-state index contributed by atoms with van der Waals surface area (Å²) < 4.78 is 9.68. The molecule has 1 amide bonds. The number of thiophene rings is 1. The summed E-state index contributed by atoms with van der Waals surface area (Å²) in [5, 5.41) is 0. The van der Waals surface area contributed by atoms with E-state index in [0.717, 1.165) is 9.75 Å². The number of esters is 1. The average molecular weight is 300 g/mol. The van der Waals surface area contributed by atoms with Crippen LogP contribution in [0.4, 0.5) is 4.79 Å². The second-order valence-electron chi connectivity index (χ2n) is 5.10. The first-order valence-corrected chi connectivity index (χ1v) is 6.98. The Morgan fingerprint density at radius 2 is 1.90 bits per heavy atom. The van der Waals surface area contributed by atoms with Gasteiger partial charge < -0.3 is 9.47 Å². The van der Waals surface area contributed by atoms with Crippen molar-refractivity contribution in [2.75, 3.05) is 7.11 Å². The van der Waals surface area contributed by atoms with E-state index in [-0.39, 0.29) is 12.4 Å². The fourth-order valence-electron chi connectivity index (χ4n) is 1.33. The molecule has 0 aromatic carbocycles. The molecular weight excluding hydrogens is 280 g/mol. The minimum atomic E-state index is -0.525. The molecule has 7 heteroatoms. The van der Waals surface area contributed by atoms with E-state index in [9.17, 15) is 9.59 Å². The van der Waals surface area contributed by atoms with Crippen LogP contribution in [0.25, 0.3) is 0 Å². The van der Waals surface area contributed by atoms with E-state index in [1.165, 1.54) is 18.4 Å². The van der Waals surface area contributed by atoms with Gasteiger partial charge in [-0.3, -0.25) is 10.2 Å². The lowest BCUT2D eigenvalue weighted by Crippen LogP contribution is -2.40. The summed E-state index contributed by atoms with van der Waals surface area (Å²) in [6.45, 7) is 5.85. The lowest BCUT2D eigenvalue weighted by atomic mass is 10.2. The van der Waals surface area contributed by atoms with Crippen molar-refractivity contribution in [2.45, 2.75) is 39.3 Å². The normalized spacial score (nSPS) is 11.0. The minimum Gasteiger partial charge on any atom is -0.469 e. The number of rotatable bonds is 5. The molecule has 1 rings (SSSR count). The third-order valence-corrected chi connectivity index (χ3v) is 3.20. The summed E-state index contributed by atoms with van der Waals surface area (Å²) in [4.78, 5) is 24.4. The van der Waals surface area contributed by atoms with Crippen LogP contribution >= 0.6 is 11.3 Å². The third kappa shape index (κ3) is 6.53. The Labute approximate surface area is 122 Å². The predicted molar refractivity (Wildman–Crippen MR) is 76.2 cm³/mol. The zero-order chi connectivity index (χ0) is 15.2. The minimum absolute atomic E-state index is 0.265. The van der Waals surface area contributed by atoms with Crippen molar-refractivity contribution < 1.29 is 19.1 Å².